The number of rotatable bonds is 8. The van der Waals surface area contributed by atoms with Crippen LogP contribution in [0.15, 0.2) is 47.4 Å². The van der Waals surface area contributed by atoms with Gasteiger partial charge in [-0.05, 0) is 70.1 Å². The second kappa shape index (κ2) is 9.13. The highest BCUT2D eigenvalue weighted by molar-refractivity contribution is 5.75. The van der Waals surface area contributed by atoms with Crippen molar-refractivity contribution in [3.8, 4) is 0 Å². The van der Waals surface area contributed by atoms with Gasteiger partial charge in [-0.25, -0.2) is 4.98 Å². The summed E-state index contributed by atoms with van der Waals surface area (Å²) in [6, 6.07) is 11.2. The van der Waals surface area contributed by atoms with E-state index < -0.39 is 0 Å². The molecule has 0 spiro atoms. The van der Waals surface area contributed by atoms with Gasteiger partial charge in [0.25, 0.3) is 5.56 Å². The third kappa shape index (κ3) is 4.88. The van der Waals surface area contributed by atoms with Crippen LogP contribution in [0.1, 0.15) is 25.7 Å². The average molecular weight is 409 g/mol. The molecule has 2 aromatic heterocycles. The first-order chi connectivity index (χ1) is 14.6. The van der Waals surface area contributed by atoms with Crippen LogP contribution in [0.4, 0.5) is 17.3 Å². The molecule has 0 unspecified atom stereocenters. The van der Waals surface area contributed by atoms with Gasteiger partial charge in [0.15, 0.2) is 5.65 Å². The zero-order valence-electron chi connectivity index (χ0n) is 17.5. The number of hydrogen-bond donors (Lipinski definition) is 2. The van der Waals surface area contributed by atoms with Gasteiger partial charge < -0.3 is 20.4 Å². The van der Waals surface area contributed by atoms with Crippen molar-refractivity contribution in [1.82, 2.24) is 19.6 Å². The van der Waals surface area contributed by atoms with Gasteiger partial charge in [-0.1, -0.05) is 0 Å². The van der Waals surface area contributed by atoms with Crippen LogP contribution in [0.25, 0.3) is 11.0 Å². The van der Waals surface area contributed by atoms with Crippen molar-refractivity contribution in [1.29, 1.82) is 0 Å². The van der Waals surface area contributed by atoms with Crippen LogP contribution in [0, 0.1) is 0 Å². The number of pyridine rings is 1. The van der Waals surface area contributed by atoms with Gasteiger partial charge in [0.1, 0.15) is 6.10 Å². The van der Waals surface area contributed by atoms with E-state index in [-0.39, 0.29) is 11.7 Å². The Morgan fingerprint density at radius 1 is 1.10 bits per heavy atom. The first-order valence-corrected chi connectivity index (χ1v) is 10.4. The molecule has 0 saturated heterocycles. The molecule has 2 heterocycles. The van der Waals surface area contributed by atoms with Gasteiger partial charge in [0.2, 0.25) is 5.95 Å². The van der Waals surface area contributed by atoms with Crippen molar-refractivity contribution in [2.75, 3.05) is 37.8 Å². The van der Waals surface area contributed by atoms with E-state index in [9.17, 15) is 4.79 Å². The predicted octanol–water partition coefficient (Wildman–Crippen LogP) is 2.88. The lowest BCUT2D eigenvalue weighted by atomic mass is 10.3. The van der Waals surface area contributed by atoms with Crippen molar-refractivity contribution in [2.24, 2.45) is 0 Å². The van der Waals surface area contributed by atoms with Crippen molar-refractivity contribution < 1.29 is 4.84 Å². The molecule has 1 aliphatic rings. The molecule has 1 aliphatic carbocycles. The maximum Gasteiger partial charge on any atom is 0.285 e. The third-order valence-electron chi connectivity index (χ3n) is 5.18. The van der Waals surface area contributed by atoms with E-state index in [1.54, 1.807) is 12.3 Å². The maximum absolute atomic E-state index is 12.4. The normalized spacial score (nSPS) is 14.4. The fourth-order valence-electron chi connectivity index (χ4n) is 3.52. The Hall–Kier alpha value is -3.13. The summed E-state index contributed by atoms with van der Waals surface area (Å²) in [7, 11) is 4.10. The summed E-state index contributed by atoms with van der Waals surface area (Å²) in [6.45, 7) is 1.85. The molecule has 3 aromatic rings. The van der Waals surface area contributed by atoms with Gasteiger partial charge in [0, 0.05) is 42.1 Å². The first kappa shape index (κ1) is 20.2. The molecule has 1 fully saturated rings. The third-order valence-corrected chi connectivity index (χ3v) is 5.18. The smallest absolute Gasteiger partial charge is 0.285 e. The summed E-state index contributed by atoms with van der Waals surface area (Å²) in [6.07, 6.45) is 5.96. The Balaban J connectivity index is 1.51. The molecule has 158 valence electrons. The Bertz CT molecular complexity index is 1040. The van der Waals surface area contributed by atoms with E-state index in [2.05, 4.69) is 39.6 Å². The molecule has 4 rings (SSSR count). The lowest BCUT2D eigenvalue weighted by Gasteiger charge is -2.16. The summed E-state index contributed by atoms with van der Waals surface area (Å²) in [5, 5.41) is 7.36. The molecule has 0 radical (unpaired) electrons. The number of nitrogens with one attached hydrogen (secondary N) is 2. The highest BCUT2D eigenvalue weighted by Gasteiger charge is 2.19. The minimum atomic E-state index is -0.216. The molecule has 2 N–H and O–H groups in total. The van der Waals surface area contributed by atoms with Crippen LogP contribution in [-0.4, -0.2) is 52.9 Å². The molecule has 1 saturated carbocycles. The average Bonchev–Trinajstić information content (AvgIpc) is 3.25. The van der Waals surface area contributed by atoms with Crippen LogP contribution in [0.5, 0.6) is 0 Å². The number of likely N-dealkylation sites (N-methyl/N-ethyl adjacent to an activating group) is 1. The van der Waals surface area contributed by atoms with E-state index in [1.807, 2.05) is 24.3 Å². The second-order valence-electron chi connectivity index (χ2n) is 7.88. The van der Waals surface area contributed by atoms with Crippen LogP contribution < -0.4 is 21.0 Å². The molecule has 8 heteroatoms. The zero-order valence-corrected chi connectivity index (χ0v) is 17.5. The van der Waals surface area contributed by atoms with Crippen LogP contribution >= 0.6 is 0 Å². The van der Waals surface area contributed by atoms with Crippen molar-refractivity contribution >= 4 is 28.4 Å². The minimum absolute atomic E-state index is 0.0622. The van der Waals surface area contributed by atoms with Crippen molar-refractivity contribution in [3.05, 3.63) is 52.9 Å². The van der Waals surface area contributed by atoms with Crippen molar-refractivity contribution in [3.63, 3.8) is 0 Å². The largest absolute Gasteiger partial charge is 0.405 e. The molecule has 0 aliphatic heterocycles. The van der Waals surface area contributed by atoms with Gasteiger partial charge in [-0.3, -0.25) is 4.79 Å². The van der Waals surface area contributed by atoms with Crippen molar-refractivity contribution in [2.45, 2.75) is 31.8 Å². The van der Waals surface area contributed by atoms with Crippen LogP contribution in [0.3, 0.4) is 0 Å². The molecule has 0 atom stereocenters. The Morgan fingerprint density at radius 2 is 1.83 bits per heavy atom. The van der Waals surface area contributed by atoms with Gasteiger partial charge >= 0.3 is 0 Å². The fourth-order valence-corrected chi connectivity index (χ4v) is 3.52. The minimum Gasteiger partial charge on any atom is -0.405 e. The highest BCUT2D eigenvalue weighted by atomic mass is 16.7. The molecule has 8 nitrogen and oxygen atoms in total. The SMILES string of the molecule is CN(C)CCNc1ccc(Nc2ncc3ccc(=O)n(OC4CCCC4)c3n2)cc1. The maximum atomic E-state index is 12.4. The summed E-state index contributed by atoms with van der Waals surface area (Å²) in [5.41, 5.74) is 2.19. The number of benzene rings is 1. The number of fused-ring (bicyclic) bond motifs is 1. The lowest BCUT2D eigenvalue weighted by Crippen LogP contribution is -2.32. The van der Waals surface area contributed by atoms with E-state index in [1.165, 1.54) is 10.8 Å². The molecule has 30 heavy (non-hydrogen) atoms. The van der Waals surface area contributed by atoms with Gasteiger partial charge in [-0.2, -0.15) is 4.98 Å². The Labute approximate surface area is 175 Å². The highest BCUT2D eigenvalue weighted by Crippen LogP contribution is 2.21. The number of hydrogen-bond acceptors (Lipinski definition) is 7. The van der Waals surface area contributed by atoms with Crippen LogP contribution in [-0.2, 0) is 0 Å². The lowest BCUT2D eigenvalue weighted by molar-refractivity contribution is 0.0422. The van der Waals surface area contributed by atoms with E-state index in [0.29, 0.717) is 11.6 Å². The van der Waals surface area contributed by atoms with E-state index in [4.69, 9.17) is 4.84 Å². The van der Waals surface area contributed by atoms with Gasteiger partial charge in [0.05, 0.1) is 0 Å². The summed E-state index contributed by atoms with van der Waals surface area (Å²) >= 11 is 0. The molecule has 1 aromatic carbocycles. The number of anilines is 3. The van der Waals surface area contributed by atoms with Gasteiger partial charge in [-0.15, -0.1) is 4.73 Å². The fraction of sp³-hybridized carbons (Fsp3) is 0.409. The van der Waals surface area contributed by atoms with E-state index in [0.717, 1.165) is 55.5 Å². The standard InChI is InChI=1S/C22H28N6O2/c1-27(2)14-13-23-17-8-10-18(11-9-17)25-22-24-15-16-7-12-20(29)28(21(16)26-22)30-19-5-3-4-6-19/h7-12,15,19,23H,3-6,13-14H2,1-2H3,(H,24,25,26). The van der Waals surface area contributed by atoms with Crippen LogP contribution in [0.2, 0.25) is 0 Å². The number of aromatic nitrogens is 3. The summed E-state index contributed by atoms with van der Waals surface area (Å²) in [5.74, 6) is 0.421. The molecular weight excluding hydrogens is 380 g/mol. The Kier molecular flexibility index (Phi) is 6.13. The second-order valence-corrected chi connectivity index (χ2v) is 7.88. The topological polar surface area (TPSA) is 84.3 Å². The summed E-state index contributed by atoms with van der Waals surface area (Å²) < 4.78 is 1.32. The molecule has 0 amide bonds. The predicted molar refractivity (Wildman–Crippen MR) is 119 cm³/mol. The zero-order chi connectivity index (χ0) is 20.9. The first-order valence-electron chi connectivity index (χ1n) is 10.4. The Morgan fingerprint density at radius 3 is 2.57 bits per heavy atom. The molecule has 0 bridgehead atoms. The molecular formula is C22H28N6O2. The van der Waals surface area contributed by atoms with E-state index >= 15 is 0 Å². The quantitative estimate of drug-likeness (QED) is 0.593. The number of nitrogens with zero attached hydrogens (tertiary/aromatic N) is 4. The summed E-state index contributed by atoms with van der Waals surface area (Å²) in [4.78, 5) is 29.4. The monoisotopic (exact) mass is 408 g/mol.